The highest BCUT2D eigenvalue weighted by atomic mass is 15.1. The van der Waals surface area contributed by atoms with E-state index in [4.69, 9.17) is 5.73 Å². The van der Waals surface area contributed by atoms with Crippen molar-refractivity contribution in [1.82, 2.24) is 4.90 Å². The van der Waals surface area contributed by atoms with Gasteiger partial charge in [-0.25, -0.2) is 0 Å². The molecule has 2 atom stereocenters. The molecule has 0 saturated heterocycles. The van der Waals surface area contributed by atoms with Gasteiger partial charge in [0.15, 0.2) is 0 Å². The van der Waals surface area contributed by atoms with Gasteiger partial charge in [-0.3, -0.25) is 0 Å². The number of fused-ring (bicyclic) bond motifs is 1. The average Bonchev–Trinajstić information content (AvgIpc) is 2.38. The zero-order valence-electron chi connectivity index (χ0n) is 11.4. The summed E-state index contributed by atoms with van der Waals surface area (Å²) in [4.78, 5) is 2.25. The number of benzene rings is 2. The summed E-state index contributed by atoms with van der Waals surface area (Å²) in [6.07, 6.45) is 0. The van der Waals surface area contributed by atoms with Crippen molar-refractivity contribution in [3.05, 3.63) is 48.0 Å². The second-order valence-corrected chi connectivity index (χ2v) is 5.23. The minimum absolute atomic E-state index is 0.375. The topological polar surface area (TPSA) is 29.3 Å². The molecule has 96 valence electrons. The first kappa shape index (κ1) is 13.1. The van der Waals surface area contributed by atoms with Gasteiger partial charge in [0.1, 0.15) is 0 Å². The molecule has 18 heavy (non-hydrogen) atoms. The molecule has 2 unspecified atom stereocenters. The second-order valence-electron chi connectivity index (χ2n) is 5.23. The first-order valence-corrected chi connectivity index (χ1v) is 6.48. The van der Waals surface area contributed by atoms with Crippen LogP contribution in [0, 0.1) is 5.92 Å². The maximum absolute atomic E-state index is 5.83. The Morgan fingerprint density at radius 3 is 2.33 bits per heavy atom. The Bertz CT molecular complexity index is 519. The Kier molecular flexibility index (Phi) is 4.00. The van der Waals surface area contributed by atoms with Crippen molar-refractivity contribution in [3.63, 3.8) is 0 Å². The van der Waals surface area contributed by atoms with Gasteiger partial charge in [-0.15, -0.1) is 0 Å². The summed E-state index contributed by atoms with van der Waals surface area (Å²) in [7, 11) is 4.23. The molecule has 0 heterocycles. The Morgan fingerprint density at radius 2 is 1.72 bits per heavy atom. The molecule has 2 nitrogen and oxygen atoms in total. The molecule has 0 amide bonds. The lowest BCUT2D eigenvalue weighted by molar-refractivity contribution is 0.228. The zero-order chi connectivity index (χ0) is 13.1. The molecule has 0 aliphatic rings. The van der Waals surface area contributed by atoms with Gasteiger partial charge >= 0.3 is 0 Å². The fourth-order valence-corrected chi connectivity index (χ4v) is 2.66. The molecule has 2 N–H and O–H groups in total. The van der Waals surface area contributed by atoms with Crippen LogP contribution in [0.3, 0.4) is 0 Å². The normalized spacial score (nSPS) is 14.9. The number of rotatable bonds is 4. The van der Waals surface area contributed by atoms with Crippen LogP contribution in [0.5, 0.6) is 0 Å². The molecule has 2 heteroatoms. The third kappa shape index (κ3) is 2.55. The summed E-state index contributed by atoms with van der Waals surface area (Å²) in [5.74, 6) is 0.446. The average molecular weight is 242 g/mol. The molecule has 0 spiro atoms. The summed E-state index contributed by atoms with van der Waals surface area (Å²) in [5.41, 5.74) is 7.18. The summed E-state index contributed by atoms with van der Waals surface area (Å²) >= 11 is 0. The van der Waals surface area contributed by atoms with Crippen LogP contribution in [0.4, 0.5) is 0 Å². The van der Waals surface area contributed by atoms with E-state index < -0.39 is 0 Å². The van der Waals surface area contributed by atoms with Crippen molar-refractivity contribution in [2.45, 2.75) is 13.0 Å². The molecule has 0 saturated carbocycles. The van der Waals surface area contributed by atoms with E-state index in [0.29, 0.717) is 18.5 Å². The molecule has 2 aromatic carbocycles. The van der Waals surface area contributed by atoms with Crippen LogP contribution in [0.15, 0.2) is 42.5 Å². The lowest BCUT2D eigenvalue weighted by Crippen LogP contribution is -2.30. The number of nitrogens with zero attached hydrogens (tertiary/aromatic N) is 1. The summed E-state index contributed by atoms with van der Waals surface area (Å²) in [5, 5.41) is 2.59. The predicted octanol–water partition coefficient (Wildman–Crippen LogP) is 3.04. The largest absolute Gasteiger partial charge is 0.330 e. The second kappa shape index (κ2) is 5.51. The molecular weight excluding hydrogens is 220 g/mol. The molecule has 2 aromatic rings. The van der Waals surface area contributed by atoms with Gasteiger partial charge in [-0.05, 0) is 49.0 Å². The molecule has 0 aliphatic heterocycles. The lowest BCUT2D eigenvalue weighted by Gasteiger charge is -2.30. The maximum atomic E-state index is 5.83. The number of hydrogen-bond donors (Lipinski definition) is 1. The van der Waals surface area contributed by atoms with Gasteiger partial charge in [0, 0.05) is 6.04 Å². The van der Waals surface area contributed by atoms with Gasteiger partial charge < -0.3 is 10.6 Å². The van der Waals surface area contributed by atoms with Crippen molar-refractivity contribution < 1.29 is 0 Å². The van der Waals surface area contributed by atoms with Gasteiger partial charge in [0.25, 0.3) is 0 Å². The molecule has 0 aliphatic carbocycles. The highest BCUT2D eigenvalue weighted by Gasteiger charge is 2.20. The lowest BCUT2D eigenvalue weighted by atomic mass is 9.92. The third-order valence-corrected chi connectivity index (χ3v) is 3.58. The minimum Gasteiger partial charge on any atom is -0.330 e. The van der Waals surface area contributed by atoms with Crippen molar-refractivity contribution in [3.8, 4) is 0 Å². The Labute approximate surface area is 109 Å². The fraction of sp³-hybridized carbons (Fsp3) is 0.375. The maximum Gasteiger partial charge on any atom is 0.0379 e. The minimum atomic E-state index is 0.375. The van der Waals surface area contributed by atoms with Crippen molar-refractivity contribution in [2.24, 2.45) is 11.7 Å². The van der Waals surface area contributed by atoms with E-state index in [0.717, 1.165) is 0 Å². The Balaban J connectivity index is 2.44. The van der Waals surface area contributed by atoms with Crippen LogP contribution in [-0.4, -0.2) is 25.5 Å². The summed E-state index contributed by atoms with van der Waals surface area (Å²) in [6.45, 7) is 2.91. The monoisotopic (exact) mass is 242 g/mol. The van der Waals surface area contributed by atoms with E-state index in [1.807, 2.05) is 0 Å². The van der Waals surface area contributed by atoms with Crippen LogP contribution in [-0.2, 0) is 0 Å². The molecule has 0 fully saturated rings. The smallest absolute Gasteiger partial charge is 0.0379 e. The molecule has 0 radical (unpaired) electrons. The van der Waals surface area contributed by atoms with E-state index in [-0.39, 0.29) is 0 Å². The Morgan fingerprint density at radius 1 is 1.06 bits per heavy atom. The number of hydrogen-bond acceptors (Lipinski definition) is 2. The van der Waals surface area contributed by atoms with E-state index in [2.05, 4.69) is 68.4 Å². The van der Waals surface area contributed by atoms with Gasteiger partial charge in [-0.1, -0.05) is 43.3 Å². The molecular formula is C16H22N2. The highest BCUT2D eigenvalue weighted by Crippen LogP contribution is 2.28. The first-order valence-electron chi connectivity index (χ1n) is 6.48. The van der Waals surface area contributed by atoms with Crippen LogP contribution < -0.4 is 5.73 Å². The highest BCUT2D eigenvalue weighted by molar-refractivity contribution is 5.83. The van der Waals surface area contributed by atoms with Gasteiger partial charge in [0.2, 0.25) is 0 Å². The first-order chi connectivity index (χ1) is 8.63. The summed E-state index contributed by atoms with van der Waals surface area (Å²) in [6, 6.07) is 15.6. The van der Waals surface area contributed by atoms with Gasteiger partial charge in [-0.2, -0.15) is 0 Å². The van der Waals surface area contributed by atoms with Crippen molar-refractivity contribution in [2.75, 3.05) is 20.6 Å². The van der Waals surface area contributed by atoms with Crippen molar-refractivity contribution >= 4 is 10.8 Å². The van der Waals surface area contributed by atoms with Crippen LogP contribution in [0.2, 0.25) is 0 Å². The van der Waals surface area contributed by atoms with Crippen LogP contribution in [0.25, 0.3) is 10.8 Å². The van der Waals surface area contributed by atoms with Crippen LogP contribution >= 0.6 is 0 Å². The summed E-state index contributed by atoms with van der Waals surface area (Å²) < 4.78 is 0. The predicted molar refractivity (Wildman–Crippen MR) is 78.6 cm³/mol. The van der Waals surface area contributed by atoms with Crippen molar-refractivity contribution in [1.29, 1.82) is 0 Å². The van der Waals surface area contributed by atoms with E-state index >= 15 is 0 Å². The Hall–Kier alpha value is -1.38. The SMILES string of the molecule is CC(CN)C(c1ccc2ccccc2c1)N(C)C. The zero-order valence-corrected chi connectivity index (χ0v) is 11.4. The van der Waals surface area contributed by atoms with E-state index in [1.54, 1.807) is 0 Å². The quantitative estimate of drug-likeness (QED) is 0.893. The van der Waals surface area contributed by atoms with Gasteiger partial charge in [0.05, 0.1) is 0 Å². The van der Waals surface area contributed by atoms with E-state index in [9.17, 15) is 0 Å². The molecule has 2 rings (SSSR count). The number of nitrogens with two attached hydrogens (primary N) is 1. The molecule has 0 aromatic heterocycles. The van der Waals surface area contributed by atoms with E-state index in [1.165, 1.54) is 16.3 Å². The standard InChI is InChI=1S/C16H22N2/c1-12(11-17)16(18(2)3)15-9-8-13-6-4-5-7-14(13)10-15/h4-10,12,16H,11,17H2,1-3H3. The molecule has 0 bridgehead atoms. The third-order valence-electron chi connectivity index (χ3n) is 3.58. The van der Waals surface area contributed by atoms with Crippen LogP contribution in [0.1, 0.15) is 18.5 Å². The fourth-order valence-electron chi connectivity index (χ4n) is 2.66.